The summed E-state index contributed by atoms with van der Waals surface area (Å²) in [6.45, 7) is 1.36. The average molecular weight is 294 g/mol. The van der Waals surface area contributed by atoms with Gasteiger partial charge in [-0.2, -0.15) is 0 Å². The Morgan fingerprint density at radius 3 is 2.53 bits per heavy atom. The molecule has 0 saturated heterocycles. The number of hydrogen-bond donors (Lipinski definition) is 2. The molecule has 2 aromatic carbocycles. The molecule has 2 aromatic rings. The van der Waals surface area contributed by atoms with E-state index in [1.165, 1.54) is 10.5 Å². The molecular formula is C15H16ClNOS. The molecule has 0 aromatic heterocycles. The first-order valence-electron chi connectivity index (χ1n) is 6.00. The van der Waals surface area contributed by atoms with E-state index in [9.17, 15) is 5.11 Å². The zero-order valence-corrected chi connectivity index (χ0v) is 12.3. The molecule has 0 aliphatic heterocycles. The number of nitrogens with one attached hydrogen (secondary N) is 1. The zero-order valence-electron chi connectivity index (χ0n) is 10.7. The lowest BCUT2D eigenvalue weighted by atomic mass is 10.2. The van der Waals surface area contributed by atoms with E-state index < -0.39 is 0 Å². The maximum atomic E-state index is 9.70. The Morgan fingerprint density at radius 1 is 1.11 bits per heavy atom. The first-order valence-corrected chi connectivity index (χ1v) is 7.60. The van der Waals surface area contributed by atoms with Gasteiger partial charge in [0, 0.05) is 28.6 Å². The van der Waals surface area contributed by atoms with Crippen molar-refractivity contribution < 1.29 is 5.11 Å². The van der Waals surface area contributed by atoms with Crippen LogP contribution >= 0.6 is 23.4 Å². The molecule has 0 fully saturated rings. The average Bonchev–Trinajstić information content (AvgIpc) is 2.43. The van der Waals surface area contributed by atoms with Crippen molar-refractivity contribution in [2.45, 2.75) is 18.0 Å². The second-order valence-corrected chi connectivity index (χ2v) is 5.54. The van der Waals surface area contributed by atoms with E-state index in [1.807, 2.05) is 0 Å². The van der Waals surface area contributed by atoms with Gasteiger partial charge in [-0.25, -0.2) is 0 Å². The van der Waals surface area contributed by atoms with Gasteiger partial charge in [-0.3, -0.25) is 0 Å². The fourth-order valence-corrected chi connectivity index (χ4v) is 2.38. The maximum absolute atomic E-state index is 9.70. The molecule has 0 unspecified atom stereocenters. The Balaban J connectivity index is 1.90. The summed E-state index contributed by atoms with van der Waals surface area (Å²) >= 11 is 7.64. The summed E-state index contributed by atoms with van der Waals surface area (Å²) < 4.78 is 0. The molecule has 2 nitrogen and oxygen atoms in total. The van der Waals surface area contributed by atoms with Crippen molar-refractivity contribution in [2.75, 3.05) is 6.26 Å². The van der Waals surface area contributed by atoms with Crippen molar-refractivity contribution in [1.29, 1.82) is 0 Å². The monoisotopic (exact) mass is 293 g/mol. The number of phenols is 1. The van der Waals surface area contributed by atoms with Gasteiger partial charge in [0.15, 0.2) is 0 Å². The number of halogens is 1. The van der Waals surface area contributed by atoms with Gasteiger partial charge in [0.2, 0.25) is 0 Å². The van der Waals surface area contributed by atoms with Gasteiger partial charge in [-0.15, -0.1) is 11.8 Å². The minimum atomic E-state index is 0.273. The van der Waals surface area contributed by atoms with Gasteiger partial charge < -0.3 is 10.4 Å². The highest BCUT2D eigenvalue weighted by Gasteiger charge is 2.02. The summed E-state index contributed by atoms with van der Waals surface area (Å²) in [5.41, 5.74) is 2.03. The van der Waals surface area contributed by atoms with E-state index in [-0.39, 0.29) is 5.75 Å². The molecule has 0 spiro atoms. The largest absolute Gasteiger partial charge is 0.508 e. The summed E-state index contributed by atoms with van der Waals surface area (Å²) in [5, 5.41) is 13.6. The van der Waals surface area contributed by atoms with Crippen LogP contribution in [0.5, 0.6) is 5.75 Å². The third-order valence-corrected chi connectivity index (χ3v) is 3.82. The lowest BCUT2D eigenvalue weighted by molar-refractivity contribution is 0.464. The third kappa shape index (κ3) is 4.16. The Kier molecular flexibility index (Phi) is 5.14. The van der Waals surface area contributed by atoms with Crippen molar-refractivity contribution in [2.24, 2.45) is 0 Å². The lowest BCUT2D eigenvalue weighted by Crippen LogP contribution is -2.12. The fourth-order valence-electron chi connectivity index (χ4n) is 1.78. The van der Waals surface area contributed by atoms with Crippen molar-refractivity contribution >= 4 is 23.4 Å². The Labute approximate surface area is 122 Å². The molecule has 19 heavy (non-hydrogen) atoms. The van der Waals surface area contributed by atoms with Crippen molar-refractivity contribution in [1.82, 2.24) is 5.32 Å². The van der Waals surface area contributed by atoms with Gasteiger partial charge >= 0.3 is 0 Å². The van der Waals surface area contributed by atoms with Crippen LogP contribution in [0.3, 0.4) is 0 Å². The normalized spacial score (nSPS) is 10.6. The highest BCUT2D eigenvalue weighted by molar-refractivity contribution is 7.98. The number of thioether (sulfide) groups is 1. The molecule has 0 aliphatic carbocycles. The Morgan fingerprint density at radius 2 is 1.84 bits per heavy atom. The third-order valence-electron chi connectivity index (χ3n) is 2.85. The van der Waals surface area contributed by atoms with Crippen LogP contribution < -0.4 is 5.32 Å². The summed E-state index contributed by atoms with van der Waals surface area (Å²) in [7, 11) is 0. The fraction of sp³-hybridized carbons (Fsp3) is 0.200. The van der Waals surface area contributed by atoms with Gasteiger partial charge in [0.25, 0.3) is 0 Å². The lowest BCUT2D eigenvalue weighted by Gasteiger charge is -2.08. The van der Waals surface area contributed by atoms with E-state index in [4.69, 9.17) is 11.6 Å². The molecule has 0 atom stereocenters. The topological polar surface area (TPSA) is 32.3 Å². The van der Waals surface area contributed by atoms with E-state index in [1.54, 1.807) is 30.0 Å². The Hall–Kier alpha value is -1.16. The molecule has 0 aliphatic rings. The number of benzene rings is 2. The first-order chi connectivity index (χ1) is 9.19. The SMILES string of the molecule is CSc1ccc(CNCc2cc(Cl)ccc2O)cc1. The molecular weight excluding hydrogens is 278 g/mol. The smallest absolute Gasteiger partial charge is 0.120 e. The van der Waals surface area contributed by atoms with Crippen molar-refractivity contribution in [3.05, 3.63) is 58.6 Å². The maximum Gasteiger partial charge on any atom is 0.120 e. The highest BCUT2D eigenvalue weighted by Crippen LogP contribution is 2.21. The zero-order chi connectivity index (χ0) is 13.7. The van der Waals surface area contributed by atoms with Crippen LogP contribution in [-0.2, 0) is 13.1 Å². The van der Waals surface area contributed by atoms with Crippen LogP contribution in [0.25, 0.3) is 0 Å². The van der Waals surface area contributed by atoms with Crippen LogP contribution in [0, 0.1) is 0 Å². The number of rotatable bonds is 5. The number of aromatic hydroxyl groups is 1. The number of hydrogen-bond acceptors (Lipinski definition) is 3. The molecule has 0 amide bonds. The summed E-state index contributed by atoms with van der Waals surface area (Å²) in [5.74, 6) is 0.273. The van der Waals surface area contributed by atoms with Crippen LogP contribution in [0.15, 0.2) is 47.4 Å². The summed E-state index contributed by atoms with van der Waals surface area (Å²) in [6.07, 6.45) is 2.06. The highest BCUT2D eigenvalue weighted by atomic mass is 35.5. The van der Waals surface area contributed by atoms with E-state index >= 15 is 0 Å². The molecule has 100 valence electrons. The Bertz CT molecular complexity index is 542. The van der Waals surface area contributed by atoms with E-state index in [2.05, 4.69) is 35.8 Å². The predicted octanol–water partition coefficient (Wildman–Crippen LogP) is 4.06. The van der Waals surface area contributed by atoms with E-state index in [0.29, 0.717) is 11.6 Å². The van der Waals surface area contributed by atoms with Gasteiger partial charge in [-0.05, 0) is 42.2 Å². The minimum absolute atomic E-state index is 0.273. The van der Waals surface area contributed by atoms with E-state index in [0.717, 1.165) is 12.1 Å². The van der Waals surface area contributed by atoms with Crippen molar-refractivity contribution in [3.63, 3.8) is 0 Å². The molecule has 0 saturated carbocycles. The van der Waals surface area contributed by atoms with Crippen LogP contribution in [0.4, 0.5) is 0 Å². The molecule has 0 heterocycles. The van der Waals surface area contributed by atoms with Crippen LogP contribution in [-0.4, -0.2) is 11.4 Å². The summed E-state index contributed by atoms with van der Waals surface area (Å²) in [6, 6.07) is 13.5. The predicted molar refractivity (Wildman–Crippen MR) is 81.9 cm³/mol. The molecule has 2 N–H and O–H groups in total. The molecule has 0 radical (unpaired) electrons. The van der Waals surface area contributed by atoms with Gasteiger partial charge in [-0.1, -0.05) is 23.7 Å². The minimum Gasteiger partial charge on any atom is -0.508 e. The van der Waals surface area contributed by atoms with Crippen molar-refractivity contribution in [3.8, 4) is 5.75 Å². The number of phenolic OH excluding ortho intramolecular Hbond substituents is 1. The molecule has 4 heteroatoms. The van der Waals surface area contributed by atoms with Crippen LogP contribution in [0.2, 0.25) is 5.02 Å². The van der Waals surface area contributed by atoms with Crippen LogP contribution in [0.1, 0.15) is 11.1 Å². The molecule has 0 bridgehead atoms. The second kappa shape index (κ2) is 6.85. The quantitative estimate of drug-likeness (QED) is 0.816. The summed E-state index contributed by atoms with van der Waals surface area (Å²) in [4.78, 5) is 1.26. The van der Waals surface area contributed by atoms with Gasteiger partial charge in [0.1, 0.15) is 5.75 Å². The molecule has 2 rings (SSSR count). The van der Waals surface area contributed by atoms with Gasteiger partial charge in [0.05, 0.1) is 0 Å². The second-order valence-electron chi connectivity index (χ2n) is 4.22. The standard InChI is InChI=1S/C15H16ClNOS/c1-19-14-5-2-11(3-6-14)9-17-10-12-8-13(16)4-7-15(12)18/h2-8,17-18H,9-10H2,1H3. The first kappa shape index (κ1) is 14.3.